The molecular formula is C27H27N3O5S3. The minimum absolute atomic E-state index is 0.0393. The summed E-state index contributed by atoms with van der Waals surface area (Å²) in [6.07, 6.45) is 2.14. The summed E-state index contributed by atoms with van der Waals surface area (Å²) >= 11 is 6.62. The maximum atomic E-state index is 13.7. The van der Waals surface area contributed by atoms with E-state index in [1.807, 2.05) is 49.1 Å². The van der Waals surface area contributed by atoms with Crippen LogP contribution in [0.3, 0.4) is 0 Å². The van der Waals surface area contributed by atoms with E-state index in [1.165, 1.54) is 6.08 Å². The van der Waals surface area contributed by atoms with Gasteiger partial charge in [0.25, 0.3) is 5.91 Å². The molecule has 8 nitrogen and oxygen atoms in total. The summed E-state index contributed by atoms with van der Waals surface area (Å²) in [7, 11) is -3.99. The van der Waals surface area contributed by atoms with Crippen LogP contribution >= 0.6 is 24.0 Å². The van der Waals surface area contributed by atoms with Crippen LogP contribution in [0.1, 0.15) is 22.6 Å². The molecule has 3 aromatic rings. The fourth-order valence-corrected chi connectivity index (χ4v) is 6.89. The Kier molecular flexibility index (Phi) is 7.71. The number of carbonyl (C=O) groups is 1. The molecule has 0 N–H and O–H groups in total. The third-order valence-electron chi connectivity index (χ3n) is 6.53. The van der Waals surface area contributed by atoms with Crippen molar-refractivity contribution in [2.75, 3.05) is 37.7 Å². The maximum absolute atomic E-state index is 13.7. The zero-order chi connectivity index (χ0) is 26.9. The van der Waals surface area contributed by atoms with Crippen LogP contribution in [0.15, 0.2) is 67.8 Å². The number of amides is 1. The van der Waals surface area contributed by atoms with Crippen LogP contribution in [0, 0.1) is 13.8 Å². The average molecular weight is 570 g/mol. The summed E-state index contributed by atoms with van der Waals surface area (Å²) in [5.74, 6) is -0.0598. The number of rotatable bonds is 7. The highest BCUT2D eigenvalue weighted by atomic mass is 32.2. The number of nitrogens with zero attached hydrogens (tertiary/aromatic N) is 3. The van der Waals surface area contributed by atoms with Crippen LogP contribution in [0.2, 0.25) is 0 Å². The smallest absolute Gasteiger partial charge is 0.266 e. The fourth-order valence-electron chi connectivity index (χ4n) is 4.20. The Morgan fingerprint density at radius 2 is 1.82 bits per heavy atom. The molecule has 0 spiro atoms. The van der Waals surface area contributed by atoms with Crippen LogP contribution in [0.5, 0.6) is 0 Å². The zero-order valence-corrected chi connectivity index (χ0v) is 23.5. The van der Waals surface area contributed by atoms with E-state index in [0.717, 1.165) is 28.5 Å². The number of aromatic nitrogens is 1. The first-order valence-corrected chi connectivity index (χ1v) is 14.9. The van der Waals surface area contributed by atoms with Crippen molar-refractivity contribution in [3.63, 3.8) is 0 Å². The summed E-state index contributed by atoms with van der Waals surface area (Å²) in [4.78, 5) is 21.4. The lowest BCUT2D eigenvalue weighted by Gasteiger charge is -2.26. The van der Waals surface area contributed by atoms with Gasteiger partial charge in [-0.3, -0.25) is 9.69 Å². The molecule has 1 aromatic heterocycles. The standard InChI is InChI=1S/C27H27N3O5S3/c1-18-8-9-21(16-19(18)2)38(32,33)24-26(29-12-14-34-15-13-29)35-23(28-24)17-22-25(31)30(27(36)37-22)11-10-20-6-4-3-5-7-20/h3-9,16-17H,10-15H2,1-2H3. The molecule has 3 heterocycles. The number of hydrogen-bond donors (Lipinski definition) is 0. The number of carbonyl (C=O) groups excluding carboxylic acids is 1. The van der Waals surface area contributed by atoms with Crippen molar-refractivity contribution in [1.82, 2.24) is 9.88 Å². The van der Waals surface area contributed by atoms with Gasteiger partial charge in [-0.2, -0.15) is 4.98 Å². The number of hydrogen-bond acceptors (Lipinski definition) is 9. The van der Waals surface area contributed by atoms with E-state index in [2.05, 4.69) is 4.98 Å². The molecule has 0 radical (unpaired) electrons. The number of benzene rings is 2. The molecule has 0 unspecified atom stereocenters. The molecule has 0 bridgehead atoms. The molecule has 2 aliphatic heterocycles. The minimum Gasteiger partial charge on any atom is -0.420 e. The molecule has 0 atom stereocenters. The molecule has 38 heavy (non-hydrogen) atoms. The van der Waals surface area contributed by atoms with Gasteiger partial charge in [0.05, 0.1) is 23.0 Å². The second-order valence-electron chi connectivity index (χ2n) is 9.08. The van der Waals surface area contributed by atoms with Crippen molar-refractivity contribution in [1.29, 1.82) is 0 Å². The van der Waals surface area contributed by atoms with E-state index in [1.54, 1.807) is 23.1 Å². The predicted molar refractivity (Wildman–Crippen MR) is 151 cm³/mol. The summed E-state index contributed by atoms with van der Waals surface area (Å²) < 4.78 is 39.3. The van der Waals surface area contributed by atoms with Crippen LogP contribution in [-0.2, 0) is 25.8 Å². The fraction of sp³-hybridized carbons (Fsp3) is 0.296. The molecule has 11 heteroatoms. The first-order valence-electron chi connectivity index (χ1n) is 12.2. The van der Waals surface area contributed by atoms with Gasteiger partial charge in [-0.15, -0.1) is 0 Å². The first-order chi connectivity index (χ1) is 18.2. The largest absolute Gasteiger partial charge is 0.420 e. The number of thioether (sulfide) groups is 1. The van der Waals surface area contributed by atoms with Gasteiger partial charge in [-0.1, -0.05) is 60.4 Å². The Bertz CT molecular complexity index is 1510. The lowest BCUT2D eigenvalue weighted by atomic mass is 10.1. The highest BCUT2D eigenvalue weighted by molar-refractivity contribution is 8.26. The molecular weight excluding hydrogens is 543 g/mol. The number of sulfone groups is 1. The van der Waals surface area contributed by atoms with Crippen molar-refractivity contribution < 1.29 is 22.4 Å². The van der Waals surface area contributed by atoms with Gasteiger partial charge in [0.1, 0.15) is 4.32 Å². The SMILES string of the molecule is Cc1ccc(S(=O)(=O)c2nc(C=C3SC(=S)N(CCc4ccccc4)C3=O)oc2N2CCOCC2)cc1C. The van der Waals surface area contributed by atoms with E-state index in [4.69, 9.17) is 21.4 Å². The lowest BCUT2D eigenvalue weighted by Crippen LogP contribution is -2.36. The number of thiocarbonyl (C=S) groups is 1. The molecule has 2 aliphatic rings. The van der Waals surface area contributed by atoms with Gasteiger partial charge in [-0.05, 0) is 49.1 Å². The van der Waals surface area contributed by atoms with Gasteiger partial charge in [0.15, 0.2) is 0 Å². The van der Waals surface area contributed by atoms with Gasteiger partial charge < -0.3 is 14.1 Å². The molecule has 2 fully saturated rings. The van der Waals surface area contributed by atoms with Gasteiger partial charge in [-0.25, -0.2) is 8.42 Å². The lowest BCUT2D eigenvalue weighted by molar-refractivity contribution is -0.122. The molecule has 0 aliphatic carbocycles. The van der Waals surface area contributed by atoms with Crippen molar-refractivity contribution in [2.24, 2.45) is 0 Å². The number of anilines is 1. The number of ether oxygens (including phenoxy) is 1. The van der Waals surface area contributed by atoms with Crippen LogP contribution in [-0.4, -0.2) is 61.4 Å². The highest BCUT2D eigenvalue weighted by Crippen LogP contribution is 2.36. The Morgan fingerprint density at radius 1 is 1.08 bits per heavy atom. The Balaban J connectivity index is 1.46. The number of oxazole rings is 1. The predicted octanol–water partition coefficient (Wildman–Crippen LogP) is 4.40. The van der Waals surface area contributed by atoms with Gasteiger partial charge >= 0.3 is 0 Å². The van der Waals surface area contributed by atoms with Crippen LogP contribution in [0.25, 0.3) is 6.08 Å². The van der Waals surface area contributed by atoms with E-state index in [-0.39, 0.29) is 27.6 Å². The third kappa shape index (κ3) is 5.42. The van der Waals surface area contributed by atoms with Gasteiger partial charge in [0.2, 0.25) is 26.6 Å². The molecule has 2 aromatic carbocycles. The quantitative estimate of drug-likeness (QED) is 0.303. The molecule has 1 amide bonds. The third-order valence-corrected chi connectivity index (χ3v) is 9.56. The van der Waals surface area contributed by atoms with E-state index >= 15 is 0 Å². The maximum Gasteiger partial charge on any atom is 0.266 e. The average Bonchev–Trinajstić information content (AvgIpc) is 3.46. The van der Waals surface area contributed by atoms with Crippen LogP contribution < -0.4 is 4.90 Å². The normalized spacial score (nSPS) is 17.6. The second-order valence-corrected chi connectivity index (χ2v) is 12.6. The first kappa shape index (κ1) is 26.6. The van der Waals surface area contributed by atoms with Crippen LogP contribution in [0.4, 0.5) is 5.88 Å². The monoisotopic (exact) mass is 569 g/mol. The summed E-state index contributed by atoms with van der Waals surface area (Å²) in [5.41, 5.74) is 2.96. The molecule has 2 saturated heterocycles. The van der Waals surface area contributed by atoms with E-state index in [9.17, 15) is 13.2 Å². The second kappa shape index (κ2) is 11.0. The number of morpholine rings is 1. The summed E-state index contributed by atoms with van der Waals surface area (Å²) in [6.45, 7) is 6.05. The Labute approximate surface area is 231 Å². The Hall–Kier alpha value is -2.99. The van der Waals surface area contributed by atoms with Crippen molar-refractivity contribution in [3.8, 4) is 0 Å². The van der Waals surface area contributed by atoms with Crippen molar-refractivity contribution in [2.45, 2.75) is 30.2 Å². The van der Waals surface area contributed by atoms with E-state index in [0.29, 0.717) is 48.5 Å². The molecule has 0 saturated carbocycles. The van der Waals surface area contributed by atoms with Crippen molar-refractivity contribution in [3.05, 3.63) is 76.0 Å². The summed E-state index contributed by atoms with van der Waals surface area (Å²) in [5, 5.41) is -0.173. The molecule has 5 rings (SSSR count). The summed E-state index contributed by atoms with van der Waals surface area (Å²) in [6, 6.07) is 14.9. The Morgan fingerprint density at radius 3 is 2.53 bits per heavy atom. The van der Waals surface area contributed by atoms with E-state index < -0.39 is 9.84 Å². The minimum atomic E-state index is -3.99. The zero-order valence-electron chi connectivity index (χ0n) is 21.0. The molecule has 198 valence electrons. The highest BCUT2D eigenvalue weighted by Gasteiger charge is 2.35. The van der Waals surface area contributed by atoms with Gasteiger partial charge in [0, 0.05) is 25.7 Å². The topological polar surface area (TPSA) is 93.0 Å². The van der Waals surface area contributed by atoms with Crippen molar-refractivity contribution >= 4 is 56.0 Å². The number of aryl methyl sites for hydroxylation is 2.